The van der Waals surface area contributed by atoms with Crippen molar-refractivity contribution in [2.75, 3.05) is 26.7 Å². The molecule has 6 heteroatoms. The molecule has 6 nitrogen and oxygen atoms in total. The zero-order chi connectivity index (χ0) is 14.9. The number of ether oxygens (including phenoxy) is 1. The summed E-state index contributed by atoms with van der Waals surface area (Å²) in [5.74, 6) is 0.202. The van der Waals surface area contributed by atoms with Crippen LogP contribution in [0.25, 0.3) is 0 Å². The summed E-state index contributed by atoms with van der Waals surface area (Å²) in [6.45, 7) is 2.19. The SMILES string of the molecule is CN1C(=O)COC12CCN(C(=O)CCn1cccc1)CC2. The van der Waals surface area contributed by atoms with Crippen molar-refractivity contribution in [3.05, 3.63) is 24.5 Å². The average Bonchev–Trinajstić information content (AvgIpc) is 3.11. The molecule has 3 rings (SSSR count). The van der Waals surface area contributed by atoms with Gasteiger partial charge in [-0.2, -0.15) is 0 Å². The summed E-state index contributed by atoms with van der Waals surface area (Å²) in [5, 5.41) is 0. The second-order valence-corrected chi connectivity index (χ2v) is 5.74. The van der Waals surface area contributed by atoms with E-state index in [1.165, 1.54) is 0 Å². The monoisotopic (exact) mass is 291 g/mol. The molecular formula is C15H21N3O3. The zero-order valence-corrected chi connectivity index (χ0v) is 12.3. The van der Waals surface area contributed by atoms with E-state index in [0.29, 0.717) is 38.9 Å². The quantitative estimate of drug-likeness (QED) is 0.823. The van der Waals surface area contributed by atoms with E-state index in [2.05, 4.69) is 0 Å². The van der Waals surface area contributed by atoms with Crippen LogP contribution in [0.15, 0.2) is 24.5 Å². The van der Waals surface area contributed by atoms with E-state index in [-0.39, 0.29) is 18.4 Å². The molecule has 2 aliphatic rings. The van der Waals surface area contributed by atoms with Gasteiger partial charge in [0.25, 0.3) is 5.91 Å². The molecule has 0 saturated carbocycles. The molecule has 3 heterocycles. The standard InChI is InChI=1S/C15H21N3O3/c1-16-14(20)12-21-15(16)5-10-18(11-6-15)13(19)4-9-17-7-2-3-8-17/h2-3,7-8H,4-6,9-12H2,1H3. The maximum Gasteiger partial charge on any atom is 0.250 e. The molecule has 0 atom stereocenters. The Morgan fingerprint density at radius 2 is 1.95 bits per heavy atom. The maximum atomic E-state index is 12.2. The van der Waals surface area contributed by atoms with Crippen LogP contribution in [0, 0.1) is 0 Å². The number of hydrogen-bond donors (Lipinski definition) is 0. The van der Waals surface area contributed by atoms with Crippen LogP contribution in [0.3, 0.4) is 0 Å². The number of hydrogen-bond acceptors (Lipinski definition) is 3. The minimum absolute atomic E-state index is 0.0300. The first-order valence-electron chi connectivity index (χ1n) is 7.40. The van der Waals surface area contributed by atoms with Gasteiger partial charge in [-0.05, 0) is 12.1 Å². The second-order valence-electron chi connectivity index (χ2n) is 5.74. The molecule has 2 fully saturated rings. The van der Waals surface area contributed by atoms with Crippen molar-refractivity contribution < 1.29 is 14.3 Å². The molecule has 1 aromatic heterocycles. The van der Waals surface area contributed by atoms with Crippen LogP contribution in [0.2, 0.25) is 0 Å². The Hall–Kier alpha value is -1.82. The molecular weight excluding hydrogens is 270 g/mol. The summed E-state index contributed by atoms with van der Waals surface area (Å²) in [6.07, 6.45) is 5.84. The lowest BCUT2D eigenvalue weighted by atomic mass is 9.99. The van der Waals surface area contributed by atoms with E-state index in [1.807, 2.05) is 34.0 Å². The fourth-order valence-electron chi connectivity index (χ4n) is 3.10. The number of amides is 2. The smallest absolute Gasteiger partial charge is 0.250 e. The Labute approximate surface area is 124 Å². The van der Waals surface area contributed by atoms with E-state index in [9.17, 15) is 9.59 Å². The molecule has 21 heavy (non-hydrogen) atoms. The summed E-state index contributed by atoms with van der Waals surface area (Å²) in [6, 6.07) is 3.92. The number of likely N-dealkylation sites (N-methyl/N-ethyl adjacent to an activating group) is 1. The number of likely N-dealkylation sites (tertiary alicyclic amines) is 1. The van der Waals surface area contributed by atoms with Crippen molar-refractivity contribution in [3.8, 4) is 0 Å². The predicted octanol–water partition coefficient (Wildman–Crippen LogP) is 0.685. The van der Waals surface area contributed by atoms with Gasteiger partial charge >= 0.3 is 0 Å². The predicted molar refractivity (Wildman–Crippen MR) is 76.3 cm³/mol. The van der Waals surface area contributed by atoms with Gasteiger partial charge in [0.1, 0.15) is 12.3 Å². The zero-order valence-electron chi connectivity index (χ0n) is 12.3. The van der Waals surface area contributed by atoms with E-state index in [0.717, 1.165) is 0 Å². The molecule has 0 unspecified atom stereocenters. The molecule has 114 valence electrons. The minimum Gasteiger partial charge on any atom is -0.354 e. The van der Waals surface area contributed by atoms with Crippen LogP contribution in [-0.2, 0) is 20.9 Å². The number of carbonyl (C=O) groups excluding carboxylic acids is 2. The number of piperidine rings is 1. The number of rotatable bonds is 3. The van der Waals surface area contributed by atoms with Crippen molar-refractivity contribution in [2.45, 2.75) is 31.5 Å². The fraction of sp³-hybridized carbons (Fsp3) is 0.600. The lowest BCUT2D eigenvalue weighted by molar-refractivity contribution is -0.146. The third-order valence-corrected chi connectivity index (χ3v) is 4.60. The van der Waals surface area contributed by atoms with E-state index in [4.69, 9.17) is 4.74 Å². The molecule has 2 aliphatic heterocycles. The first-order chi connectivity index (χ1) is 10.1. The van der Waals surface area contributed by atoms with Gasteiger partial charge in [0.2, 0.25) is 5.91 Å². The third-order valence-electron chi connectivity index (χ3n) is 4.60. The topological polar surface area (TPSA) is 54.8 Å². The van der Waals surface area contributed by atoms with Gasteiger partial charge in [-0.1, -0.05) is 0 Å². The van der Waals surface area contributed by atoms with Gasteiger partial charge in [0, 0.05) is 58.3 Å². The van der Waals surface area contributed by atoms with Crippen LogP contribution in [0.4, 0.5) is 0 Å². The minimum atomic E-state index is -0.478. The first-order valence-corrected chi connectivity index (χ1v) is 7.40. The molecule has 0 bridgehead atoms. The highest BCUT2D eigenvalue weighted by atomic mass is 16.5. The van der Waals surface area contributed by atoms with Crippen molar-refractivity contribution in [1.82, 2.24) is 14.4 Å². The van der Waals surface area contributed by atoms with E-state index in [1.54, 1.807) is 11.9 Å². The molecule has 0 aromatic carbocycles. The number of aromatic nitrogens is 1. The van der Waals surface area contributed by atoms with Crippen molar-refractivity contribution >= 4 is 11.8 Å². The Bertz CT molecular complexity index is 518. The number of aryl methyl sites for hydroxylation is 1. The van der Waals surface area contributed by atoms with Gasteiger partial charge in [0.05, 0.1) is 0 Å². The lowest BCUT2D eigenvalue weighted by Gasteiger charge is -2.42. The molecule has 0 aliphatic carbocycles. The summed E-state index contributed by atoms with van der Waals surface area (Å²) in [4.78, 5) is 27.4. The van der Waals surface area contributed by atoms with E-state index < -0.39 is 5.72 Å². The van der Waals surface area contributed by atoms with Crippen LogP contribution < -0.4 is 0 Å². The highest BCUT2D eigenvalue weighted by Crippen LogP contribution is 2.33. The van der Waals surface area contributed by atoms with Crippen molar-refractivity contribution in [3.63, 3.8) is 0 Å². The summed E-state index contributed by atoms with van der Waals surface area (Å²) in [5.41, 5.74) is -0.478. The largest absolute Gasteiger partial charge is 0.354 e. The molecule has 1 aromatic rings. The molecule has 2 saturated heterocycles. The van der Waals surface area contributed by atoms with Gasteiger partial charge < -0.3 is 19.1 Å². The highest BCUT2D eigenvalue weighted by molar-refractivity contribution is 5.80. The molecule has 0 radical (unpaired) electrons. The van der Waals surface area contributed by atoms with Crippen molar-refractivity contribution in [1.29, 1.82) is 0 Å². The van der Waals surface area contributed by atoms with E-state index >= 15 is 0 Å². The van der Waals surface area contributed by atoms with Crippen LogP contribution in [0.1, 0.15) is 19.3 Å². The Morgan fingerprint density at radius 1 is 1.29 bits per heavy atom. The Kier molecular flexibility index (Phi) is 3.71. The molecule has 1 spiro atoms. The molecule has 0 N–H and O–H groups in total. The summed E-state index contributed by atoms with van der Waals surface area (Å²) < 4.78 is 7.70. The van der Waals surface area contributed by atoms with Crippen LogP contribution in [-0.4, -0.2) is 58.7 Å². The van der Waals surface area contributed by atoms with Crippen LogP contribution >= 0.6 is 0 Å². The lowest BCUT2D eigenvalue weighted by Crippen LogP contribution is -2.53. The van der Waals surface area contributed by atoms with Gasteiger partial charge in [-0.3, -0.25) is 9.59 Å². The average molecular weight is 291 g/mol. The fourth-order valence-corrected chi connectivity index (χ4v) is 3.10. The summed E-state index contributed by atoms with van der Waals surface area (Å²) in [7, 11) is 1.79. The number of nitrogens with zero attached hydrogens (tertiary/aromatic N) is 3. The summed E-state index contributed by atoms with van der Waals surface area (Å²) >= 11 is 0. The van der Waals surface area contributed by atoms with Gasteiger partial charge in [-0.25, -0.2) is 0 Å². The third kappa shape index (κ3) is 2.68. The van der Waals surface area contributed by atoms with Crippen LogP contribution in [0.5, 0.6) is 0 Å². The van der Waals surface area contributed by atoms with Crippen molar-refractivity contribution in [2.24, 2.45) is 0 Å². The maximum absolute atomic E-state index is 12.2. The number of carbonyl (C=O) groups is 2. The Balaban J connectivity index is 1.51. The Morgan fingerprint density at radius 3 is 2.52 bits per heavy atom. The molecule has 2 amide bonds. The first kappa shape index (κ1) is 14.1. The second kappa shape index (κ2) is 5.52. The highest BCUT2D eigenvalue weighted by Gasteiger charge is 2.46. The normalized spacial score (nSPS) is 21.3. The van der Waals surface area contributed by atoms with Gasteiger partial charge in [-0.15, -0.1) is 0 Å². The van der Waals surface area contributed by atoms with Gasteiger partial charge in [0.15, 0.2) is 0 Å².